The van der Waals surface area contributed by atoms with E-state index in [9.17, 15) is 4.79 Å². The number of hydrogen-bond acceptors (Lipinski definition) is 4. The summed E-state index contributed by atoms with van der Waals surface area (Å²) in [6, 6.07) is 0. The Morgan fingerprint density at radius 2 is 2.19 bits per heavy atom. The van der Waals surface area contributed by atoms with Crippen LogP contribution in [0.25, 0.3) is 0 Å². The van der Waals surface area contributed by atoms with Gasteiger partial charge in [-0.25, -0.2) is 4.98 Å². The second-order valence-electron chi connectivity index (χ2n) is 4.07. The number of aromatic nitrogens is 3. The zero-order valence-corrected chi connectivity index (χ0v) is 10.1. The first-order chi connectivity index (χ1) is 7.39. The molecule has 0 radical (unpaired) electrons. The molecule has 1 aromatic heterocycles. The van der Waals surface area contributed by atoms with Crippen LogP contribution in [0.3, 0.4) is 0 Å². The first-order valence-electron chi connectivity index (χ1n) is 5.19. The minimum atomic E-state index is -0.924. The molecule has 0 fully saturated rings. The summed E-state index contributed by atoms with van der Waals surface area (Å²) < 4.78 is 1.73. The molecule has 1 aromatic rings. The zero-order valence-electron chi connectivity index (χ0n) is 10.1. The molecule has 0 aliphatic carbocycles. The quantitative estimate of drug-likeness (QED) is 0.757. The van der Waals surface area contributed by atoms with Gasteiger partial charge in [0.1, 0.15) is 17.2 Å². The summed E-state index contributed by atoms with van der Waals surface area (Å²) in [6.45, 7) is 5.88. The van der Waals surface area contributed by atoms with Crippen molar-refractivity contribution in [3.05, 3.63) is 11.6 Å². The van der Waals surface area contributed by atoms with Crippen LogP contribution in [0.15, 0.2) is 0 Å². The predicted molar refractivity (Wildman–Crippen MR) is 59.2 cm³/mol. The molecule has 0 saturated heterocycles. The molecule has 0 amide bonds. The van der Waals surface area contributed by atoms with Gasteiger partial charge in [0, 0.05) is 6.54 Å². The van der Waals surface area contributed by atoms with Crippen LogP contribution in [0.2, 0.25) is 0 Å². The van der Waals surface area contributed by atoms with E-state index in [1.54, 1.807) is 18.7 Å². The summed E-state index contributed by atoms with van der Waals surface area (Å²) in [5, 5.41) is 16.1. The molecule has 0 bridgehead atoms. The average molecular weight is 226 g/mol. The van der Waals surface area contributed by atoms with Gasteiger partial charge in [-0.05, 0) is 34.2 Å². The Morgan fingerprint density at radius 1 is 1.56 bits per heavy atom. The van der Waals surface area contributed by atoms with E-state index in [-0.39, 0.29) is 0 Å². The van der Waals surface area contributed by atoms with Crippen LogP contribution in [0, 0.1) is 13.8 Å². The topological polar surface area (TPSA) is 80.0 Å². The Morgan fingerprint density at radius 3 is 2.56 bits per heavy atom. The molecule has 1 unspecified atom stereocenters. The summed E-state index contributed by atoms with van der Waals surface area (Å²) >= 11 is 0. The lowest BCUT2D eigenvalue weighted by atomic mass is 9.98. The first kappa shape index (κ1) is 12.6. The number of aliphatic carboxylic acids is 1. The largest absolute Gasteiger partial charge is 0.480 e. The van der Waals surface area contributed by atoms with Gasteiger partial charge in [0.2, 0.25) is 0 Å². The van der Waals surface area contributed by atoms with E-state index >= 15 is 0 Å². The van der Waals surface area contributed by atoms with Crippen LogP contribution in [0.1, 0.15) is 25.0 Å². The third kappa shape index (κ3) is 2.57. The Bertz CT molecular complexity index is 388. The van der Waals surface area contributed by atoms with Crippen LogP contribution < -0.4 is 5.32 Å². The van der Waals surface area contributed by atoms with Gasteiger partial charge < -0.3 is 10.4 Å². The molecule has 0 aliphatic heterocycles. The lowest BCUT2D eigenvalue weighted by Gasteiger charge is -2.23. The minimum absolute atomic E-state index is 0.461. The number of carbonyl (C=O) groups is 1. The minimum Gasteiger partial charge on any atom is -0.480 e. The summed E-state index contributed by atoms with van der Waals surface area (Å²) in [5.74, 6) is 0.657. The average Bonchev–Trinajstić information content (AvgIpc) is 2.53. The zero-order chi connectivity index (χ0) is 12.3. The number of likely N-dealkylation sites (N-methyl/N-ethyl adjacent to an activating group) is 1. The van der Waals surface area contributed by atoms with Gasteiger partial charge in [0.15, 0.2) is 0 Å². The molecule has 1 rings (SSSR count). The molecule has 6 nitrogen and oxygen atoms in total. The van der Waals surface area contributed by atoms with Gasteiger partial charge in [-0.2, -0.15) is 5.10 Å². The maximum atomic E-state index is 11.1. The fourth-order valence-corrected chi connectivity index (χ4v) is 1.44. The van der Waals surface area contributed by atoms with E-state index in [4.69, 9.17) is 5.11 Å². The molecule has 0 spiro atoms. The highest BCUT2D eigenvalue weighted by atomic mass is 16.4. The van der Waals surface area contributed by atoms with Gasteiger partial charge >= 0.3 is 5.97 Å². The Labute approximate surface area is 94.7 Å². The molecule has 6 heteroatoms. The molecule has 16 heavy (non-hydrogen) atoms. The lowest BCUT2D eigenvalue weighted by molar-refractivity contribution is -0.144. The number of carboxylic acid groups (broad SMARTS) is 1. The Balaban J connectivity index is 2.70. The summed E-state index contributed by atoms with van der Waals surface area (Å²) in [4.78, 5) is 15.2. The number of aryl methyl sites for hydroxylation is 3. The van der Waals surface area contributed by atoms with Gasteiger partial charge in [-0.3, -0.25) is 9.48 Å². The van der Waals surface area contributed by atoms with Crippen molar-refractivity contribution in [2.75, 3.05) is 7.05 Å². The Kier molecular flexibility index (Phi) is 3.64. The van der Waals surface area contributed by atoms with Gasteiger partial charge in [-0.1, -0.05) is 0 Å². The summed E-state index contributed by atoms with van der Waals surface area (Å²) in [7, 11) is 1.65. The van der Waals surface area contributed by atoms with Crippen molar-refractivity contribution in [1.29, 1.82) is 0 Å². The molecule has 0 saturated carbocycles. The standard InChI is InChI=1S/C10H18N4O2/c1-7-12-8(2)14(13-7)6-5-10(3,11-4)9(15)16/h11H,5-6H2,1-4H3,(H,15,16). The monoisotopic (exact) mass is 226 g/mol. The fraction of sp³-hybridized carbons (Fsp3) is 0.700. The number of carboxylic acids is 1. The summed E-state index contributed by atoms with van der Waals surface area (Å²) in [6.07, 6.45) is 0.461. The molecule has 2 N–H and O–H groups in total. The molecular weight excluding hydrogens is 208 g/mol. The van der Waals surface area contributed by atoms with E-state index < -0.39 is 11.5 Å². The highest BCUT2D eigenvalue weighted by Crippen LogP contribution is 2.11. The normalized spacial score (nSPS) is 14.8. The molecule has 0 aromatic carbocycles. The van der Waals surface area contributed by atoms with Gasteiger partial charge in [0.25, 0.3) is 0 Å². The number of nitrogens with one attached hydrogen (secondary N) is 1. The molecular formula is C10H18N4O2. The number of rotatable bonds is 5. The molecule has 0 aliphatic rings. The number of hydrogen-bond donors (Lipinski definition) is 2. The van der Waals surface area contributed by atoms with Crippen LogP contribution in [-0.4, -0.2) is 38.4 Å². The van der Waals surface area contributed by atoms with Crippen LogP contribution in [0.4, 0.5) is 0 Å². The van der Waals surface area contributed by atoms with Crippen molar-refractivity contribution in [3.8, 4) is 0 Å². The lowest BCUT2D eigenvalue weighted by Crippen LogP contribution is -2.48. The highest BCUT2D eigenvalue weighted by molar-refractivity contribution is 5.78. The first-order valence-corrected chi connectivity index (χ1v) is 5.19. The van der Waals surface area contributed by atoms with Crippen molar-refractivity contribution in [2.24, 2.45) is 0 Å². The smallest absolute Gasteiger partial charge is 0.323 e. The van der Waals surface area contributed by atoms with E-state index in [1.807, 2.05) is 13.8 Å². The highest BCUT2D eigenvalue weighted by Gasteiger charge is 2.30. The maximum Gasteiger partial charge on any atom is 0.323 e. The van der Waals surface area contributed by atoms with Crippen molar-refractivity contribution >= 4 is 5.97 Å². The summed E-state index contributed by atoms with van der Waals surface area (Å²) in [5.41, 5.74) is -0.924. The van der Waals surface area contributed by atoms with Crippen molar-refractivity contribution < 1.29 is 9.90 Å². The fourth-order valence-electron chi connectivity index (χ4n) is 1.44. The van der Waals surface area contributed by atoms with Crippen LogP contribution in [0.5, 0.6) is 0 Å². The second-order valence-corrected chi connectivity index (χ2v) is 4.07. The van der Waals surface area contributed by atoms with Crippen LogP contribution in [-0.2, 0) is 11.3 Å². The van der Waals surface area contributed by atoms with E-state index in [1.165, 1.54) is 0 Å². The third-order valence-corrected chi connectivity index (χ3v) is 2.81. The van der Waals surface area contributed by atoms with E-state index in [0.29, 0.717) is 18.8 Å². The number of nitrogens with zero attached hydrogens (tertiary/aromatic N) is 3. The SMILES string of the molecule is CNC(C)(CCn1nc(C)nc1C)C(=O)O. The van der Waals surface area contributed by atoms with Crippen molar-refractivity contribution in [2.45, 2.75) is 39.3 Å². The van der Waals surface area contributed by atoms with Crippen LogP contribution >= 0.6 is 0 Å². The van der Waals surface area contributed by atoms with Crippen molar-refractivity contribution in [1.82, 2.24) is 20.1 Å². The van der Waals surface area contributed by atoms with Gasteiger partial charge in [-0.15, -0.1) is 0 Å². The van der Waals surface area contributed by atoms with Crippen molar-refractivity contribution in [3.63, 3.8) is 0 Å². The Hall–Kier alpha value is -1.43. The van der Waals surface area contributed by atoms with Gasteiger partial charge in [0.05, 0.1) is 0 Å². The molecule has 1 heterocycles. The molecule has 1 atom stereocenters. The third-order valence-electron chi connectivity index (χ3n) is 2.81. The molecule has 90 valence electrons. The maximum absolute atomic E-state index is 11.1. The predicted octanol–water partition coefficient (Wildman–Crippen LogP) is 0.348. The van der Waals surface area contributed by atoms with E-state index in [2.05, 4.69) is 15.4 Å². The van der Waals surface area contributed by atoms with E-state index in [0.717, 1.165) is 5.82 Å². The second kappa shape index (κ2) is 4.61.